The normalized spacial score (nSPS) is 27.0. The van der Waals surface area contributed by atoms with Gasteiger partial charge in [0.15, 0.2) is 11.6 Å². The molecule has 3 aliphatic rings. The predicted molar refractivity (Wildman–Crippen MR) is 103 cm³/mol. The molecule has 5 nitrogen and oxygen atoms in total. The summed E-state index contributed by atoms with van der Waals surface area (Å²) >= 11 is 0. The van der Waals surface area contributed by atoms with Gasteiger partial charge in [0.25, 0.3) is 0 Å². The summed E-state index contributed by atoms with van der Waals surface area (Å²) in [5.74, 6) is -0.733. The lowest BCUT2D eigenvalue weighted by Gasteiger charge is -2.36. The van der Waals surface area contributed by atoms with Gasteiger partial charge in [-0.2, -0.15) is 0 Å². The molecule has 2 aliphatic carbocycles. The van der Waals surface area contributed by atoms with Crippen LogP contribution < -0.4 is 0 Å². The third kappa shape index (κ3) is 3.19. The van der Waals surface area contributed by atoms with Gasteiger partial charge < -0.3 is 9.80 Å². The van der Waals surface area contributed by atoms with Crippen LogP contribution in [0.5, 0.6) is 0 Å². The van der Waals surface area contributed by atoms with Crippen LogP contribution in [0.3, 0.4) is 0 Å². The molecular weight excluding hydrogens is 340 g/mol. The van der Waals surface area contributed by atoms with Crippen LogP contribution in [0, 0.1) is 11.8 Å². The molecule has 0 saturated carbocycles. The summed E-state index contributed by atoms with van der Waals surface area (Å²) in [6.45, 7) is 6.73. The van der Waals surface area contributed by atoms with Crippen LogP contribution in [-0.4, -0.2) is 66.9 Å². The second-order valence-corrected chi connectivity index (χ2v) is 8.05. The van der Waals surface area contributed by atoms with Gasteiger partial charge in [-0.3, -0.25) is 14.4 Å². The molecule has 1 aliphatic heterocycles. The van der Waals surface area contributed by atoms with Crippen molar-refractivity contribution in [1.29, 1.82) is 0 Å². The highest BCUT2D eigenvalue weighted by molar-refractivity contribution is 6.29. The second kappa shape index (κ2) is 7.13. The minimum Gasteiger partial charge on any atom is -0.304 e. The van der Waals surface area contributed by atoms with Crippen molar-refractivity contribution in [2.45, 2.75) is 19.8 Å². The Bertz CT molecular complexity index is 834. The van der Waals surface area contributed by atoms with Crippen LogP contribution in [0.25, 0.3) is 0 Å². The number of ketones is 3. The summed E-state index contributed by atoms with van der Waals surface area (Å²) in [5.41, 5.74) is 2.01. The zero-order chi connectivity index (χ0) is 19.1. The first-order valence-electron chi connectivity index (χ1n) is 9.83. The smallest absolute Gasteiger partial charge is 0.190 e. The number of carbonyl (C=O) groups excluding carboxylic acids is 3. The molecule has 27 heavy (non-hydrogen) atoms. The van der Waals surface area contributed by atoms with Crippen molar-refractivity contribution in [2.75, 3.05) is 39.8 Å². The fraction of sp³-hybridized carbons (Fsp3) is 0.500. The fourth-order valence-electron chi connectivity index (χ4n) is 4.59. The van der Waals surface area contributed by atoms with Gasteiger partial charge in [-0.25, -0.2) is 0 Å². The largest absolute Gasteiger partial charge is 0.304 e. The van der Waals surface area contributed by atoms with Crippen molar-refractivity contribution in [3.8, 4) is 0 Å². The van der Waals surface area contributed by atoms with E-state index >= 15 is 0 Å². The Labute approximate surface area is 160 Å². The zero-order valence-corrected chi connectivity index (χ0v) is 16.0. The van der Waals surface area contributed by atoms with E-state index in [1.165, 1.54) is 0 Å². The third-order valence-electron chi connectivity index (χ3n) is 6.36. The molecular formula is C22H26N2O3. The average molecular weight is 366 g/mol. The molecule has 1 aromatic carbocycles. The molecule has 1 fully saturated rings. The van der Waals surface area contributed by atoms with E-state index < -0.39 is 5.92 Å². The molecule has 4 rings (SSSR count). The topological polar surface area (TPSA) is 57.7 Å². The lowest BCUT2D eigenvalue weighted by molar-refractivity contribution is -0.122. The summed E-state index contributed by atoms with van der Waals surface area (Å²) in [6.07, 6.45) is 1.12. The van der Waals surface area contributed by atoms with E-state index in [-0.39, 0.29) is 23.3 Å². The van der Waals surface area contributed by atoms with E-state index in [2.05, 4.69) is 16.8 Å². The quantitative estimate of drug-likeness (QED) is 0.821. The van der Waals surface area contributed by atoms with Crippen molar-refractivity contribution in [3.63, 3.8) is 0 Å². The van der Waals surface area contributed by atoms with Gasteiger partial charge in [0.1, 0.15) is 5.78 Å². The van der Waals surface area contributed by atoms with Crippen molar-refractivity contribution < 1.29 is 14.4 Å². The number of piperazine rings is 1. The second-order valence-electron chi connectivity index (χ2n) is 8.05. The van der Waals surface area contributed by atoms with Crippen molar-refractivity contribution in [3.05, 3.63) is 46.5 Å². The maximum atomic E-state index is 13.2. The van der Waals surface area contributed by atoms with Gasteiger partial charge in [-0.05, 0) is 25.9 Å². The number of Topliss-reactive ketones (excluding diaryl/α,β-unsaturated/α-hetero) is 3. The first-order chi connectivity index (χ1) is 13.0. The van der Waals surface area contributed by atoms with Gasteiger partial charge in [0.2, 0.25) is 0 Å². The predicted octanol–water partition coefficient (Wildman–Crippen LogP) is 2.22. The Morgan fingerprint density at radius 3 is 2.15 bits per heavy atom. The Morgan fingerprint density at radius 1 is 0.926 bits per heavy atom. The number of nitrogens with zero attached hydrogens (tertiary/aromatic N) is 2. The van der Waals surface area contributed by atoms with E-state index in [1.807, 2.05) is 0 Å². The maximum Gasteiger partial charge on any atom is 0.190 e. The monoisotopic (exact) mass is 366 g/mol. The van der Waals surface area contributed by atoms with E-state index in [9.17, 15) is 14.4 Å². The Kier molecular flexibility index (Phi) is 4.82. The van der Waals surface area contributed by atoms with Crippen LogP contribution in [0.1, 0.15) is 40.5 Å². The van der Waals surface area contributed by atoms with Crippen molar-refractivity contribution >= 4 is 17.3 Å². The molecule has 0 radical (unpaired) electrons. The van der Waals surface area contributed by atoms with Crippen LogP contribution in [0.15, 0.2) is 35.4 Å². The Balaban J connectivity index is 1.62. The fourth-order valence-corrected chi connectivity index (χ4v) is 4.59. The molecule has 0 amide bonds. The molecule has 1 aromatic rings. The van der Waals surface area contributed by atoms with Gasteiger partial charge in [0.05, 0.1) is 0 Å². The molecule has 1 saturated heterocycles. The molecule has 2 unspecified atom stereocenters. The Morgan fingerprint density at radius 2 is 1.52 bits per heavy atom. The summed E-state index contributed by atoms with van der Waals surface area (Å²) in [7, 11) is 2.12. The van der Waals surface area contributed by atoms with Gasteiger partial charge >= 0.3 is 0 Å². The summed E-state index contributed by atoms with van der Waals surface area (Å²) < 4.78 is 0. The summed E-state index contributed by atoms with van der Waals surface area (Å²) in [4.78, 5) is 43.6. The van der Waals surface area contributed by atoms with Crippen molar-refractivity contribution in [1.82, 2.24) is 9.80 Å². The highest BCUT2D eigenvalue weighted by Gasteiger charge is 2.43. The summed E-state index contributed by atoms with van der Waals surface area (Å²) in [6, 6.07) is 7.00. The van der Waals surface area contributed by atoms with Crippen LogP contribution in [0.4, 0.5) is 0 Å². The molecule has 5 heteroatoms. The molecule has 0 spiro atoms. The lowest BCUT2D eigenvalue weighted by Crippen LogP contribution is -2.45. The number of carbonyl (C=O) groups is 3. The van der Waals surface area contributed by atoms with Crippen LogP contribution in [0.2, 0.25) is 0 Å². The van der Waals surface area contributed by atoms with Gasteiger partial charge in [0, 0.05) is 60.8 Å². The number of benzene rings is 1. The molecule has 1 heterocycles. The number of rotatable bonds is 3. The minimum atomic E-state index is -0.482. The molecule has 0 N–H and O–H groups in total. The number of hydrogen-bond acceptors (Lipinski definition) is 5. The lowest BCUT2D eigenvalue weighted by atomic mass is 9.67. The highest BCUT2D eigenvalue weighted by atomic mass is 16.1. The summed E-state index contributed by atoms with van der Waals surface area (Å²) in [5, 5.41) is 0. The van der Waals surface area contributed by atoms with Gasteiger partial charge in [-0.15, -0.1) is 0 Å². The number of allylic oxidation sites excluding steroid dienone is 2. The minimum absolute atomic E-state index is 0.0528. The zero-order valence-electron chi connectivity index (χ0n) is 16.0. The maximum absolute atomic E-state index is 13.2. The molecule has 0 bridgehead atoms. The first kappa shape index (κ1) is 18.3. The average Bonchev–Trinajstić information content (AvgIpc) is 2.68. The van der Waals surface area contributed by atoms with E-state index in [0.29, 0.717) is 28.7 Å². The first-order valence-corrected chi connectivity index (χ1v) is 9.83. The number of likely N-dealkylation sites (N-methyl/N-ethyl adjacent to an activating group) is 1. The SMILES string of the molecule is CC1C(=O)CC(CCN2CCN(C)CC2)C2=C1C(=O)c1ccccc1C2=O. The highest BCUT2D eigenvalue weighted by Crippen LogP contribution is 2.41. The molecule has 0 aromatic heterocycles. The van der Waals surface area contributed by atoms with E-state index in [4.69, 9.17) is 0 Å². The third-order valence-corrected chi connectivity index (χ3v) is 6.36. The number of fused-ring (bicyclic) bond motifs is 1. The van der Waals surface area contributed by atoms with Crippen LogP contribution in [-0.2, 0) is 4.79 Å². The van der Waals surface area contributed by atoms with E-state index in [0.717, 1.165) is 39.1 Å². The molecule has 142 valence electrons. The Hall–Kier alpha value is -2.11. The van der Waals surface area contributed by atoms with Crippen molar-refractivity contribution in [2.24, 2.45) is 11.8 Å². The van der Waals surface area contributed by atoms with Gasteiger partial charge in [-0.1, -0.05) is 31.2 Å². The van der Waals surface area contributed by atoms with E-state index in [1.54, 1.807) is 31.2 Å². The van der Waals surface area contributed by atoms with Crippen LogP contribution >= 0.6 is 0 Å². The standard InChI is InChI=1S/C22H26N2O3/c1-14-18(25)13-15(7-8-24-11-9-23(2)10-12-24)20-19(14)21(26)16-5-3-4-6-17(16)22(20)27/h3-6,14-15H,7-13H2,1-2H3. The molecule has 2 atom stereocenters. The number of hydrogen-bond donors (Lipinski definition) is 0.